The van der Waals surface area contributed by atoms with Crippen LogP contribution in [-0.2, 0) is 0 Å². The van der Waals surface area contributed by atoms with Gasteiger partial charge in [-0.15, -0.1) is 0 Å². The van der Waals surface area contributed by atoms with Gasteiger partial charge >= 0.3 is 0 Å². The van der Waals surface area contributed by atoms with Gasteiger partial charge in [-0.1, -0.05) is 15.9 Å². The summed E-state index contributed by atoms with van der Waals surface area (Å²) in [6.07, 6.45) is 0. The van der Waals surface area contributed by atoms with Crippen LogP contribution in [0.25, 0.3) is 0 Å². The van der Waals surface area contributed by atoms with Crippen LogP contribution in [0.5, 0.6) is 0 Å². The van der Waals surface area contributed by atoms with E-state index < -0.39 is 5.82 Å². The SMILES string of the molecule is Cc1c(C#N)cc(F)cc1C(=O)CBr. The second kappa shape index (κ2) is 4.34. The number of Topliss-reactive ketones (excluding diaryl/α,β-unsaturated/α-hetero) is 1. The first kappa shape index (κ1) is 10.9. The fourth-order valence-electron chi connectivity index (χ4n) is 1.16. The molecule has 1 rings (SSSR count). The predicted molar refractivity (Wildman–Crippen MR) is 54.0 cm³/mol. The summed E-state index contributed by atoms with van der Waals surface area (Å²) in [5.74, 6) is -0.782. The van der Waals surface area contributed by atoms with Crippen LogP contribution >= 0.6 is 15.9 Å². The lowest BCUT2D eigenvalue weighted by Crippen LogP contribution is -2.05. The van der Waals surface area contributed by atoms with Crippen molar-refractivity contribution >= 4 is 21.7 Å². The molecule has 0 radical (unpaired) electrons. The van der Waals surface area contributed by atoms with Gasteiger partial charge in [0.25, 0.3) is 0 Å². The van der Waals surface area contributed by atoms with E-state index in [4.69, 9.17) is 5.26 Å². The van der Waals surface area contributed by atoms with Crippen LogP contribution in [0.4, 0.5) is 4.39 Å². The summed E-state index contributed by atoms with van der Waals surface area (Å²) in [7, 11) is 0. The Morgan fingerprint density at radius 2 is 2.29 bits per heavy atom. The standard InChI is InChI=1S/C10H7BrFNO/c1-6-7(5-13)2-8(12)3-9(6)10(14)4-11/h2-3H,4H2,1H3. The van der Waals surface area contributed by atoms with Crippen LogP contribution in [-0.4, -0.2) is 11.1 Å². The molecule has 1 aromatic carbocycles. The van der Waals surface area contributed by atoms with Crippen LogP contribution < -0.4 is 0 Å². The van der Waals surface area contributed by atoms with Crippen molar-refractivity contribution in [3.8, 4) is 6.07 Å². The van der Waals surface area contributed by atoms with Gasteiger partial charge in [0, 0.05) is 5.56 Å². The molecule has 0 amide bonds. The van der Waals surface area contributed by atoms with Gasteiger partial charge in [0.05, 0.1) is 17.0 Å². The first-order chi connectivity index (χ1) is 6.60. The summed E-state index contributed by atoms with van der Waals surface area (Å²) >= 11 is 3.00. The highest BCUT2D eigenvalue weighted by Crippen LogP contribution is 2.16. The number of nitrogens with zero attached hydrogens (tertiary/aromatic N) is 1. The molecule has 0 spiro atoms. The molecule has 0 aromatic heterocycles. The summed E-state index contributed by atoms with van der Waals surface area (Å²) < 4.78 is 13.0. The molecule has 0 atom stereocenters. The summed E-state index contributed by atoms with van der Waals surface area (Å²) in [6, 6.07) is 4.13. The molecule has 14 heavy (non-hydrogen) atoms. The van der Waals surface area contributed by atoms with Gasteiger partial charge < -0.3 is 0 Å². The third kappa shape index (κ3) is 1.99. The third-order valence-corrected chi connectivity index (χ3v) is 2.42. The van der Waals surface area contributed by atoms with Gasteiger partial charge in [-0.3, -0.25) is 4.79 Å². The van der Waals surface area contributed by atoms with Crippen LogP contribution in [0, 0.1) is 24.1 Å². The molecule has 2 nitrogen and oxygen atoms in total. The topological polar surface area (TPSA) is 40.9 Å². The summed E-state index contributed by atoms with van der Waals surface area (Å²) in [6.45, 7) is 1.63. The molecule has 0 aliphatic rings. The molecule has 0 heterocycles. The van der Waals surface area contributed by atoms with Crippen molar-refractivity contribution in [2.45, 2.75) is 6.92 Å². The highest BCUT2D eigenvalue weighted by atomic mass is 79.9. The Kier molecular flexibility index (Phi) is 3.37. The molecule has 4 heteroatoms. The van der Waals surface area contributed by atoms with E-state index in [0.29, 0.717) is 5.56 Å². The molecule has 0 N–H and O–H groups in total. The van der Waals surface area contributed by atoms with Crippen molar-refractivity contribution in [2.75, 3.05) is 5.33 Å². The first-order valence-electron chi connectivity index (χ1n) is 3.89. The Bertz CT molecular complexity index is 423. The number of carbonyl (C=O) groups is 1. The highest BCUT2D eigenvalue weighted by molar-refractivity contribution is 9.09. The third-order valence-electron chi connectivity index (χ3n) is 1.91. The van der Waals surface area contributed by atoms with Crippen molar-refractivity contribution in [3.63, 3.8) is 0 Å². The predicted octanol–water partition coefficient (Wildman–Crippen LogP) is 2.58. The number of hydrogen-bond acceptors (Lipinski definition) is 2. The molecule has 0 bridgehead atoms. The second-order valence-corrected chi connectivity index (χ2v) is 3.36. The lowest BCUT2D eigenvalue weighted by Gasteiger charge is -2.04. The average Bonchev–Trinajstić information content (AvgIpc) is 2.19. The van der Waals surface area contributed by atoms with Gasteiger partial charge in [0.15, 0.2) is 5.78 Å². The number of nitriles is 1. The smallest absolute Gasteiger partial charge is 0.173 e. The van der Waals surface area contributed by atoms with Gasteiger partial charge in [-0.2, -0.15) is 5.26 Å². The molecule has 0 unspecified atom stereocenters. The molecule has 0 aliphatic heterocycles. The van der Waals surface area contributed by atoms with Crippen LogP contribution in [0.1, 0.15) is 21.5 Å². The van der Waals surface area contributed by atoms with Crippen LogP contribution in [0.2, 0.25) is 0 Å². The first-order valence-corrected chi connectivity index (χ1v) is 5.01. The largest absolute Gasteiger partial charge is 0.293 e. The van der Waals surface area contributed by atoms with E-state index in [1.165, 1.54) is 0 Å². The number of alkyl halides is 1. The summed E-state index contributed by atoms with van der Waals surface area (Å²) in [4.78, 5) is 11.3. The lowest BCUT2D eigenvalue weighted by molar-refractivity contribution is 0.102. The zero-order valence-electron chi connectivity index (χ0n) is 7.47. The van der Waals surface area contributed by atoms with Gasteiger partial charge in [-0.05, 0) is 24.6 Å². The van der Waals surface area contributed by atoms with E-state index in [2.05, 4.69) is 15.9 Å². The zero-order valence-corrected chi connectivity index (χ0v) is 9.06. The maximum atomic E-state index is 13.0. The van der Waals surface area contributed by atoms with E-state index in [0.717, 1.165) is 12.1 Å². The summed E-state index contributed by atoms with van der Waals surface area (Å²) in [5, 5.41) is 8.81. The Morgan fingerprint density at radius 3 is 2.79 bits per heavy atom. The van der Waals surface area contributed by atoms with Gasteiger partial charge in [0.1, 0.15) is 5.82 Å². The minimum absolute atomic E-state index is 0.127. The lowest BCUT2D eigenvalue weighted by atomic mass is 10.0. The van der Waals surface area contributed by atoms with E-state index >= 15 is 0 Å². The highest BCUT2D eigenvalue weighted by Gasteiger charge is 2.12. The molecular formula is C10H7BrFNO. The van der Waals surface area contributed by atoms with Crippen molar-refractivity contribution in [1.29, 1.82) is 5.26 Å². The van der Waals surface area contributed by atoms with Crippen molar-refractivity contribution in [1.82, 2.24) is 0 Å². The minimum Gasteiger partial charge on any atom is -0.293 e. The Morgan fingerprint density at radius 1 is 1.64 bits per heavy atom. The number of benzene rings is 1. The molecule has 0 saturated carbocycles. The quantitative estimate of drug-likeness (QED) is 0.602. The zero-order chi connectivity index (χ0) is 10.7. The van der Waals surface area contributed by atoms with E-state index in [1.54, 1.807) is 6.92 Å². The fourth-order valence-corrected chi connectivity index (χ4v) is 1.46. The normalized spacial score (nSPS) is 9.57. The Labute approximate surface area is 89.5 Å². The maximum absolute atomic E-state index is 13.0. The second-order valence-electron chi connectivity index (χ2n) is 2.79. The molecular weight excluding hydrogens is 249 g/mol. The van der Waals surface area contributed by atoms with E-state index in [9.17, 15) is 9.18 Å². The maximum Gasteiger partial charge on any atom is 0.173 e. The molecule has 0 saturated heterocycles. The monoisotopic (exact) mass is 255 g/mol. The number of carbonyl (C=O) groups excluding carboxylic acids is 1. The number of rotatable bonds is 2. The Hall–Kier alpha value is -1.21. The van der Waals surface area contributed by atoms with Gasteiger partial charge in [-0.25, -0.2) is 4.39 Å². The average molecular weight is 256 g/mol. The minimum atomic E-state index is -0.559. The molecule has 1 aromatic rings. The summed E-state index contributed by atoms with van der Waals surface area (Å²) in [5.41, 5.74) is 0.992. The van der Waals surface area contributed by atoms with Crippen molar-refractivity contribution in [3.05, 3.63) is 34.6 Å². The Balaban J connectivity index is 3.38. The number of hydrogen-bond donors (Lipinski definition) is 0. The van der Waals surface area contributed by atoms with Gasteiger partial charge in [0.2, 0.25) is 0 Å². The number of halogens is 2. The fraction of sp³-hybridized carbons (Fsp3) is 0.200. The van der Waals surface area contributed by atoms with Crippen molar-refractivity contribution in [2.24, 2.45) is 0 Å². The number of ketones is 1. The van der Waals surface area contributed by atoms with Crippen molar-refractivity contribution < 1.29 is 9.18 Å². The van der Waals surface area contributed by atoms with E-state index in [1.807, 2.05) is 6.07 Å². The molecule has 72 valence electrons. The molecule has 0 fully saturated rings. The molecule has 0 aliphatic carbocycles. The van der Waals surface area contributed by atoms with Crippen LogP contribution in [0.15, 0.2) is 12.1 Å². The van der Waals surface area contributed by atoms with Crippen LogP contribution in [0.3, 0.4) is 0 Å². The van der Waals surface area contributed by atoms with E-state index in [-0.39, 0.29) is 22.2 Å².